The molecule has 0 atom stereocenters. The first-order valence-electron chi connectivity index (χ1n) is 8.06. The number of anilines is 2. The van der Waals surface area contributed by atoms with Gasteiger partial charge in [-0.05, 0) is 31.4 Å². The molecule has 3 rings (SSSR count). The van der Waals surface area contributed by atoms with Crippen LogP contribution in [0.25, 0.3) is 0 Å². The van der Waals surface area contributed by atoms with Gasteiger partial charge in [0.05, 0.1) is 12.8 Å². The van der Waals surface area contributed by atoms with Crippen molar-refractivity contribution in [1.29, 1.82) is 0 Å². The first-order chi connectivity index (χ1) is 11.2. The van der Waals surface area contributed by atoms with Crippen LogP contribution in [0.4, 0.5) is 11.4 Å². The number of carbonyl (C=O) groups is 2. The molecule has 6 nitrogen and oxygen atoms in total. The lowest BCUT2D eigenvalue weighted by atomic mass is 9.99. The summed E-state index contributed by atoms with van der Waals surface area (Å²) in [6.45, 7) is 1.98. The number of rotatable bonds is 4. The lowest BCUT2D eigenvalue weighted by Crippen LogP contribution is -2.28. The highest BCUT2D eigenvalue weighted by molar-refractivity contribution is 5.98. The van der Waals surface area contributed by atoms with Gasteiger partial charge in [-0.1, -0.05) is 0 Å². The van der Waals surface area contributed by atoms with Crippen molar-refractivity contribution < 1.29 is 19.1 Å². The monoisotopic (exact) mass is 318 g/mol. The maximum atomic E-state index is 12.3. The van der Waals surface area contributed by atoms with E-state index in [2.05, 4.69) is 5.32 Å². The van der Waals surface area contributed by atoms with Gasteiger partial charge in [0.2, 0.25) is 11.8 Å². The lowest BCUT2D eigenvalue weighted by molar-refractivity contribution is -0.122. The minimum absolute atomic E-state index is 0.00502. The average Bonchev–Trinajstić information content (AvgIpc) is 3.01. The molecule has 0 saturated carbocycles. The van der Waals surface area contributed by atoms with Crippen LogP contribution < -0.4 is 15.0 Å². The Morgan fingerprint density at radius 2 is 2.13 bits per heavy atom. The van der Waals surface area contributed by atoms with Crippen molar-refractivity contribution in [1.82, 2.24) is 0 Å². The topological polar surface area (TPSA) is 67.9 Å². The Morgan fingerprint density at radius 1 is 1.35 bits per heavy atom. The highest BCUT2D eigenvalue weighted by Crippen LogP contribution is 2.34. The van der Waals surface area contributed by atoms with E-state index >= 15 is 0 Å². The van der Waals surface area contributed by atoms with Gasteiger partial charge in [-0.3, -0.25) is 9.59 Å². The Hall–Kier alpha value is -2.08. The molecular formula is C17H22N2O4. The molecule has 0 bridgehead atoms. The second kappa shape index (κ2) is 7.00. The summed E-state index contributed by atoms with van der Waals surface area (Å²) >= 11 is 0. The second-order valence-corrected chi connectivity index (χ2v) is 5.91. The molecule has 0 unspecified atom stereocenters. The van der Waals surface area contributed by atoms with Crippen LogP contribution in [-0.2, 0) is 14.3 Å². The molecule has 0 aliphatic carbocycles. The van der Waals surface area contributed by atoms with E-state index in [-0.39, 0.29) is 17.7 Å². The van der Waals surface area contributed by atoms with Gasteiger partial charge in [0.15, 0.2) is 0 Å². The summed E-state index contributed by atoms with van der Waals surface area (Å²) in [7, 11) is 1.57. The summed E-state index contributed by atoms with van der Waals surface area (Å²) in [5.41, 5.74) is 1.45. The highest BCUT2D eigenvalue weighted by Gasteiger charge is 2.25. The van der Waals surface area contributed by atoms with Gasteiger partial charge < -0.3 is 19.7 Å². The fourth-order valence-corrected chi connectivity index (χ4v) is 3.09. The zero-order chi connectivity index (χ0) is 16.2. The Balaban J connectivity index is 1.73. The molecule has 1 aromatic carbocycles. The van der Waals surface area contributed by atoms with Crippen molar-refractivity contribution in [3.8, 4) is 5.75 Å². The minimum atomic E-state index is -0.00502. The van der Waals surface area contributed by atoms with E-state index in [1.807, 2.05) is 12.1 Å². The predicted molar refractivity (Wildman–Crippen MR) is 86.8 cm³/mol. The summed E-state index contributed by atoms with van der Waals surface area (Å²) in [6, 6.07) is 5.43. The number of amides is 2. The molecule has 1 N–H and O–H groups in total. The smallest absolute Gasteiger partial charge is 0.227 e. The van der Waals surface area contributed by atoms with E-state index < -0.39 is 0 Å². The minimum Gasteiger partial charge on any atom is -0.494 e. The van der Waals surface area contributed by atoms with Crippen LogP contribution in [0.3, 0.4) is 0 Å². The first kappa shape index (κ1) is 15.8. The Bertz CT molecular complexity index is 596. The third kappa shape index (κ3) is 3.47. The average molecular weight is 318 g/mol. The van der Waals surface area contributed by atoms with Crippen molar-refractivity contribution >= 4 is 23.2 Å². The molecule has 0 radical (unpaired) electrons. The van der Waals surface area contributed by atoms with Crippen molar-refractivity contribution in [3.63, 3.8) is 0 Å². The fraction of sp³-hybridized carbons (Fsp3) is 0.529. The van der Waals surface area contributed by atoms with Crippen LogP contribution >= 0.6 is 0 Å². The maximum Gasteiger partial charge on any atom is 0.227 e. The van der Waals surface area contributed by atoms with Crippen LogP contribution in [0.15, 0.2) is 18.2 Å². The third-order valence-electron chi connectivity index (χ3n) is 4.40. The van der Waals surface area contributed by atoms with Gasteiger partial charge in [0, 0.05) is 43.9 Å². The number of nitrogens with one attached hydrogen (secondary N) is 1. The highest BCUT2D eigenvalue weighted by atomic mass is 16.5. The number of ether oxygens (including phenoxy) is 2. The van der Waals surface area contributed by atoms with Crippen LogP contribution in [0, 0.1) is 5.92 Å². The maximum absolute atomic E-state index is 12.3. The molecule has 2 saturated heterocycles. The Morgan fingerprint density at radius 3 is 2.78 bits per heavy atom. The van der Waals surface area contributed by atoms with Crippen LogP contribution in [0.5, 0.6) is 5.75 Å². The van der Waals surface area contributed by atoms with Gasteiger partial charge in [-0.2, -0.15) is 0 Å². The number of carbonyl (C=O) groups excluding carboxylic acids is 2. The predicted octanol–water partition coefficient (Wildman–Crippen LogP) is 2.19. The van der Waals surface area contributed by atoms with Crippen molar-refractivity contribution in [3.05, 3.63) is 18.2 Å². The summed E-state index contributed by atoms with van der Waals surface area (Å²) in [6.07, 6.45) is 2.95. The van der Waals surface area contributed by atoms with E-state index in [0.717, 1.165) is 24.9 Å². The molecule has 0 aromatic heterocycles. The SMILES string of the molecule is COc1cc(NC(=O)C2CCOCC2)ccc1N1CCCC1=O. The second-order valence-electron chi connectivity index (χ2n) is 5.91. The molecule has 0 spiro atoms. The number of hydrogen-bond acceptors (Lipinski definition) is 4. The van der Waals surface area contributed by atoms with E-state index in [4.69, 9.17) is 9.47 Å². The van der Waals surface area contributed by atoms with Crippen LogP contribution in [0.2, 0.25) is 0 Å². The zero-order valence-corrected chi connectivity index (χ0v) is 13.3. The van der Waals surface area contributed by atoms with Gasteiger partial charge in [0.25, 0.3) is 0 Å². The van der Waals surface area contributed by atoms with Gasteiger partial charge in [0.1, 0.15) is 5.75 Å². The zero-order valence-electron chi connectivity index (χ0n) is 13.3. The molecular weight excluding hydrogens is 296 g/mol. The lowest BCUT2D eigenvalue weighted by Gasteiger charge is -2.22. The number of hydrogen-bond donors (Lipinski definition) is 1. The number of nitrogens with zero attached hydrogens (tertiary/aromatic N) is 1. The number of benzene rings is 1. The van der Waals surface area contributed by atoms with E-state index in [1.54, 1.807) is 18.1 Å². The largest absolute Gasteiger partial charge is 0.494 e. The van der Waals surface area contributed by atoms with Gasteiger partial charge in [-0.15, -0.1) is 0 Å². The molecule has 1 aromatic rings. The quantitative estimate of drug-likeness (QED) is 0.924. The van der Waals surface area contributed by atoms with Gasteiger partial charge >= 0.3 is 0 Å². The Labute approximate surface area is 135 Å². The molecule has 2 aliphatic rings. The van der Waals surface area contributed by atoms with Crippen molar-refractivity contribution in [2.45, 2.75) is 25.7 Å². The van der Waals surface area contributed by atoms with Crippen molar-refractivity contribution in [2.24, 2.45) is 5.92 Å². The standard InChI is InChI=1S/C17H22N2O4/c1-22-15-11-13(18-17(21)12-6-9-23-10-7-12)4-5-14(15)19-8-2-3-16(19)20/h4-5,11-12H,2-3,6-10H2,1H3,(H,18,21). The number of methoxy groups -OCH3 is 1. The van der Waals surface area contributed by atoms with Crippen LogP contribution in [0.1, 0.15) is 25.7 Å². The normalized spacial score (nSPS) is 19.0. The van der Waals surface area contributed by atoms with Gasteiger partial charge in [-0.25, -0.2) is 0 Å². The summed E-state index contributed by atoms with van der Waals surface area (Å²) in [5.74, 6) is 0.724. The molecule has 23 heavy (non-hydrogen) atoms. The molecule has 6 heteroatoms. The first-order valence-corrected chi connectivity index (χ1v) is 8.06. The fourth-order valence-electron chi connectivity index (χ4n) is 3.09. The summed E-state index contributed by atoms with van der Waals surface area (Å²) in [4.78, 5) is 25.9. The molecule has 2 heterocycles. The van der Waals surface area contributed by atoms with E-state index in [0.29, 0.717) is 37.6 Å². The Kier molecular flexibility index (Phi) is 4.81. The van der Waals surface area contributed by atoms with E-state index in [9.17, 15) is 9.59 Å². The molecule has 2 amide bonds. The molecule has 2 fully saturated rings. The van der Waals surface area contributed by atoms with Crippen LogP contribution in [-0.4, -0.2) is 38.7 Å². The van der Waals surface area contributed by atoms with Crippen molar-refractivity contribution in [2.75, 3.05) is 37.1 Å². The summed E-state index contributed by atoms with van der Waals surface area (Å²) in [5, 5.41) is 2.94. The summed E-state index contributed by atoms with van der Waals surface area (Å²) < 4.78 is 10.7. The molecule has 2 aliphatic heterocycles. The van der Waals surface area contributed by atoms with E-state index in [1.165, 1.54) is 0 Å². The molecule has 124 valence electrons. The third-order valence-corrected chi connectivity index (χ3v) is 4.40.